The predicted octanol–water partition coefficient (Wildman–Crippen LogP) is 0.758. The van der Waals surface area contributed by atoms with E-state index in [0.717, 1.165) is 0 Å². The minimum absolute atomic E-state index is 0.00145. The third-order valence-electron chi connectivity index (χ3n) is 1.53. The zero-order valence-electron chi connectivity index (χ0n) is 8.07. The molecular weight excluding hydrogens is 262 g/mol. The third kappa shape index (κ3) is 4.37. The number of halogens is 1. The molecule has 0 aliphatic carbocycles. The van der Waals surface area contributed by atoms with Gasteiger partial charge in [-0.3, -0.25) is 4.79 Å². The molecule has 1 heterocycles. The minimum atomic E-state index is -0.225. The highest BCUT2D eigenvalue weighted by Gasteiger charge is 2.05. The van der Waals surface area contributed by atoms with Crippen LogP contribution in [0.2, 0.25) is 0 Å². The van der Waals surface area contributed by atoms with E-state index in [0.29, 0.717) is 23.4 Å². The largest absolute Gasteiger partial charge is 0.370 e. The molecule has 15 heavy (non-hydrogen) atoms. The molecule has 1 rings (SSSR count). The lowest BCUT2D eigenvalue weighted by Crippen LogP contribution is -2.21. The van der Waals surface area contributed by atoms with E-state index in [2.05, 4.69) is 26.2 Å². The average Bonchev–Trinajstić information content (AvgIpc) is 2.22. The maximum atomic E-state index is 11.3. The zero-order valence-corrected chi connectivity index (χ0v) is 9.66. The van der Waals surface area contributed by atoms with E-state index in [1.54, 1.807) is 18.3 Å². The Morgan fingerprint density at radius 2 is 2.47 bits per heavy atom. The summed E-state index contributed by atoms with van der Waals surface area (Å²) in [6.45, 7) is 0.782. The normalized spacial score (nSPS) is 10.0. The number of nitrogens with two attached hydrogens (primary N) is 1. The first-order valence-electron chi connectivity index (χ1n) is 4.42. The molecule has 0 radical (unpaired) electrons. The molecule has 0 atom stereocenters. The molecular formula is C9H12BrN3O2. The molecule has 0 unspecified atom stereocenters. The number of hydrogen-bond donors (Lipinski definition) is 2. The van der Waals surface area contributed by atoms with Crippen LogP contribution in [0.15, 0.2) is 22.9 Å². The van der Waals surface area contributed by atoms with E-state index in [1.165, 1.54) is 0 Å². The summed E-state index contributed by atoms with van der Waals surface area (Å²) < 4.78 is 5.58. The second-order valence-corrected chi connectivity index (χ2v) is 3.48. The molecule has 1 amide bonds. The molecule has 1 aromatic heterocycles. The van der Waals surface area contributed by atoms with Gasteiger partial charge in [0.05, 0.1) is 12.3 Å². The fraction of sp³-hybridized carbons (Fsp3) is 0.333. The second kappa shape index (κ2) is 6.49. The van der Waals surface area contributed by atoms with Crippen LogP contribution in [0.25, 0.3) is 0 Å². The van der Waals surface area contributed by atoms with Crippen molar-refractivity contribution in [3.8, 4) is 0 Å². The molecule has 0 fully saturated rings. The molecule has 0 saturated heterocycles. The van der Waals surface area contributed by atoms with Crippen LogP contribution in [0, 0.1) is 0 Å². The first-order valence-corrected chi connectivity index (χ1v) is 5.21. The SMILES string of the molecule is NCCOCC(=O)Nc1cccnc1Br. The monoisotopic (exact) mass is 273 g/mol. The van der Waals surface area contributed by atoms with Crippen LogP contribution in [0.4, 0.5) is 5.69 Å². The highest BCUT2D eigenvalue weighted by molar-refractivity contribution is 9.10. The predicted molar refractivity (Wildman–Crippen MR) is 60.4 cm³/mol. The average molecular weight is 274 g/mol. The highest BCUT2D eigenvalue weighted by atomic mass is 79.9. The maximum Gasteiger partial charge on any atom is 0.250 e. The molecule has 6 heteroatoms. The van der Waals surface area contributed by atoms with Crippen LogP contribution < -0.4 is 11.1 Å². The van der Waals surface area contributed by atoms with Gasteiger partial charge in [0, 0.05) is 12.7 Å². The van der Waals surface area contributed by atoms with Crippen molar-refractivity contribution < 1.29 is 9.53 Å². The first-order chi connectivity index (χ1) is 7.24. The number of amides is 1. The Labute approximate surface area is 96.1 Å². The van der Waals surface area contributed by atoms with Crippen LogP contribution in [-0.2, 0) is 9.53 Å². The maximum absolute atomic E-state index is 11.3. The van der Waals surface area contributed by atoms with Gasteiger partial charge in [-0.1, -0.05) is 0 Å². The van der Waals surface area contributed by atoms with Gasteiger partial charge in [-0.15, -0.1) is 0 Å². The fourth-order valence-corrected chi connectivity index (χ4v) is 1.26. The standard InChI is InChI=1S/C9H12BrN3O2/c10-9-7(2-1-4-12-9)13-8(14)6-15-5-3-11/h1-2,4H,3,5-6,11H2,(H,13,14). The fourth-order valence-electron chi connectivity index (χ4n) is 0.914. The third-order valence-corrected chi connectivity index (χ3v) is 2.16. The minimum Gasteiger partial charge on any atom is -0.370 e. The van der Waals surface area contributed by atoms with Crippen LogP contribution in [0.5, 0.6) is 0 Å². The lowest BCUT2D eigenvalue weighted by molar-refractivity contribution is -0.120. The molecule has 5 nitrogen and oxygen atoms in total. The number of nitrogens with zero attached hydrogens (tertiary/aromatic N) is 1. The van der Waals surface area contributed by atoms with Crippen LogP contribution >= 0.6 is 15.9 Å². The van der Waals surface area contributed by atoms with Crippen molar-refractivity contribution in [2.75, 3.05) is 25.1 Å². The number of nitrogens with one attached hydrogen (secondary N) is 1. The number of hydrogen-bond acceptors (Lipinski definition) is 4. The van der Waals surface area contributed by atoms with Crippen LogP contribution in [0.1, 0.15) is 0 Å². The number of carbonyl (C=O) groups is 1. The van der Waals surface area contributed by atoms with E-state index in [-0.39, 0.29) is 12.5 Å². The Balaban J connectivity index is 2.41. The van der Waals surface area contributed by atoms with Gasteiger partial charge in [0.15, 0.2) is 0 Å². The summed E-state index contributed by atoms with van der Waals surface area (Å²) in [5, 5.41) is 2.65. The number of pyridine rings is 1. The smallest absolute Gasteiger partial charge is 0.250 e. The molecule has 0 aliphatic heterocycles. The summed E-state index contributed by atoms with van der Waals surface area (Å²) in [5.41, 5.74) is 5.84. The summed E-state index contributed by atoms with van der Waals surface area (Å²) in [7, 11) is 0. The molecule has 1 aromatic rings. The van der Waals surface area contributed by atoms with E-state index in [4.69, 9.17) is 10.5 Å². The lowest BCUT2D eigenvalue weighted by atomic mass is 10.4. The molecule has 0 bridgehead atoms. The van der Waals surface area contributed by atoms with Gasteiger partial charge < -0.3 is 15.8 Å². The summed E-state index contributed by atoms with van der Waals surface area (Å²) in [6.07, 6.45) is 1.63. The molecule has 0 saturated carbocycles. The summed E-state index contributed by atoms with van der Waals surface area (Å²) in [4.78, 5) is 15.3. The highest BCUT2D eigenvalue weighted by Crippen LogP contribution is 2.17. The molecule has 0 aromatic carbocycles. The Morgan fingerprint density at radius 1 is 1.67 bits per heavy atom. The van der Waals surface area contributed by atoms with Crippen molar-refractivity contribution in [2.24, 2.45) is 5.73 Å². The second-order valence-electron chi connectivity index (χ2n) is 2.73. The van der Waals surface area contributed by atoms with Gasteiger partial charge in [-0.2, -0.15) is 0 Å². The number of anilines is 1. The van der Waals surface area contributed by atoms with Crippen LogP contribution in [0.3, 0.4) is 0 Å². The summed E-state index contributed by atoms with van der Waals surface area (Å²) in [5.74, 6) is -0.225. The first kappa shape index (κ1) is 12.1. The molecule has 0 aliphatic rings. The lowest BCUT2D eigenvalue weighted by Gasteiger charge is -2.06. The van der Waals surface area contributed by atoms with E-state index in [1.807, 2.05) is 0 Å². The number of aromatic nitrogens is 1. The number of ether oxygens (including phenoxy) is 1. The van der Waals surface area contributed by atoms with E-state index in [9.17, 15) is 4.79 Å². The van der Waals surface area contributed by atoms with Gasteiger partial charge in [0.2, 0.25) is 5.91 Å². The van der Waals surface area contributed by atoms with Crippen molar-refractivity contribution in [1.82, 2.24) is 4.98 Å². The topological polar surface area (TPSA) is 77.2 Å². The quantitative estimate of drug-likeness (QED) is 0.613. The van der Waals surface area contributed by atoms with Crippen molar-refractivity contribution >= 4 is 27.5 Å². The van der Waals surface area contributed by atoms with Crippen molar-refractivity contribution in [1.29, 1.82) is 0 Å². The van der Waals surface area contributed by atoms with Crippen molar-refractivity contribution in [3.05, 3.63) is 22.9 Å². The van der Waals surface area contributed by atoms with Gasteiger partial charge in [-0.25, -0.2) is 4.98 Å². The van der Waals surface area contributed by atoms with Gasteiger partial charge in [-0.05, 0) is 28.1 Å². The molecule has 82 valence electrons. The number of rotatable bonds is 5. The number of carbonyl (C=O) groups excluding carboxylic acids is 1. The Kier molecular flexibility index (Phi) is 5.23. The van der Waals surface area contributed by atoms with Gasteiger partial charge in [0.1, 0.15) is 11.2 Å². The summed E-state index contributed by atoms with van der Waals surface area (Å²) in [6, 6.07) is 3.49. The molecule has 0 spiro atoms. The molecule has 3 N–H and O–H groups in total. The van der Waals surface area contributed by atoms with E-state index >= 15 is 0 Å². The van der Waals surface area contributed by atoms with Gasteiger partial charge in [0.25, 0.3) is 0 Å². The van der Waals surface area contributed by atoms with Crippen molar-refractivity contribution in [3.63, 3.8) is 0 Å². The van der Waals surface area contributed by atoms with Crippen LogP contribution in [-0.4, -0.2) is 30.6 Å². The zero-order chi connectivity index (χ0) is 11.1. The van der Waals surface area contributed by atoms with E-state index < -0.39 is 0 Å². The Morgan fingerprint density at radius 3 is 3.13 bits per heavy atom. The van der Waals surface area contributed by atoms with Gasteiger partial charge >= 0.3 is 0 Å². The Bertz CT molecular complexity index is 333. The Hall–Kier alpha value is -0.980. The van der Waals surface area contributed by atoms with Crippen molar-refractivity contribution in [2.45, 2.75) is 0 Å². The summed E-state index contributed by atoms with van der Waals surface area (Å²) >= 11 is 3.22.